The quantitative estimate of drug-likeness (QED) is 0.656. The third-order valence-electron chi connectivity index (χ3n) is 3.89. The van der Waals surface area contributed by atoms with Crippen LogP contribution in [-0.4, -0.2) is 56.2 Å². The van der Waals surface area contributed by atoms with Gasteiger partial charge in [0.2, 0.25) is 5.91 Å². The molecule has 2 atom stereocenters. The number of methoxy groups -OCH3 is 1. The lowest BCUT2D eigenvalue weighted by atomic mass is 10.0. The summed E-state index contributed by atoms with van der Waals surface area (Å²) in [6, 6.07) is 0.694. The van der Waals surface area contributed by atoms with Gasteiger partial charge in [-0.25, -0.2) is 0 Å². The van der Waals surface area contributed by atoms with Gasteiger partial charge in [0.1, 0.15) is 0 Å². The minimum atomic E-state index is -0.165. The van der Waals surface area contributed by atoms with Crippen LogP contribution in [0.2, 0.25) is 0 Å². The maximum absolute atomic E-state index is 11.6. The van der Waals surface area contributed by atoms with Gasteiger partial charge in [-0.3, -0.25) is 4.79 Å². The summed E-state index contributed by atoms with van der Waals surface area (Å²) in [6.07, 6.45) is 5.17. The van der Waals surface area contributed by atoms with Crippen molar-refractivity contribution in [2.45, 2.75) is 51.2 Å². The van der Waals surface area contributed by atoms with Gasteiger partial charge in [0.05, 0.1) is 12.5 Å². The standard InChI is InChI=1S/C14H29N3O2.2ClH/c1-12-6-3-4-8-17(12)9-5-7-16-14(18)10-13(11-15)19-2;;/h12-13H,3-11,15H2,1-2H3,(H,16,18);2*1H. The van der Waals surface area contributed by atoms with Crippen LogP contribution < -0.4 is 11.1 Å². The Morgan fingerprint density at radius 1 is 1.43 bits per heavy atom. The van der Waals surface area contributed by atoms with Gasteiger partial charge in [0.15, 0.2) is 0 Å². The van der Waals surface area contributed by atoms with Crippen LogP contribution in [0.25, 0.3) is 0 Å². The maximum atomic E-state index is 11.6. The number of amides is 1. The zero-order valence-electron chi connectivity index (χ0n) is 13.2. The van der Waals surface area contributed by atoms with Crippen LogP contribution in [-0.2, 0) is 9.53 Å². The molecule has 5 nitrogen and oxygen atoms in total. The smallest absolute Gasteiger partial charge is 0.222 e. The van der Waals surface area contributed by atoms with Crippen LogP contribution in [0.1, 0.15) is 39.0 Å². The van der Waals surface area contributed by atoms with Gasteiger partial charge in [-0.05, 0) is 32.7 Å². The van der Waals surface area contributed by atoms with Crippen molar-refractivity contribution < 1.29 is 9.53 Å². The largest absolute Gasteiger partial charge is 0.380 e. The first-order valence-corrected chi connectivity index (χ1v) is 7.41. The van der Waals surface area contributed by atoms with E-state index >= 15 is 0 Å². The minimum absolute atomic E-state index is 0. The number of hydrogen-bond acceptors (Lipinski definition) is 4. The molecule has 1 heterocycles. The van der Waals surface area contributed by atoms with Gasteiger partial charge in [0, 0.05) is 32.8 Å². The number of carbonyl (C=O) groups excluding carboxylic acids is 1. The van der Waals surface area contributed by atoms with Gasteiger partial charge in [-0.2, -0.15) is 0 Å². The summed E-state index contributed by atoms with van der Waals surface area (Å²) in [6.45, 7) is 5.69. The van der Waals surface area contributed by atoms with Gasteiger partial charge < -0.3 is 20.7 Å². The molecule has 1 aliphatic rings. The Labute approximate surface area is 141 Å². The average Bonchev–Trinajstić information content (AvgIpc) is 2.42. The van der Waals surface area contributed by atoms with E-state index in [1.165, 1.54) is 25.8 Å². The highest BCUT2D eigenvalue weighted by molar-refractivity contribution is 5.85. The molecule has 7 heteroatoms. The SMILES string of the molecule is COC(CN)CC(=O)NCCCN1CCCCC1C.Cl.Cl. The van der Waals surface area contributed by atoms with E-state index < -0.39 is 0 Å². The topological polar surface area (TPSA) is 67.6 Å². The number of ether oxygens (including phenoxy) is 1. The molecule has 1 rings (SSSR count). The van der Waals surface area contributed by atoms with E-state index in [0.29, 0.717) is 19.0 Å². The van der Waals surface area contributed by atoms with Crippen LogP contribution in [0.4, 0.5) is 0 Å². The average molecular weight is 344 g/mol. The number of carbonyl (C=O) groups is 1. The lowest BCUT2D eigenvalue weighted by Gasteiger charge is -2.33. The maximum Gasteiger partial charge on any atom is 0.222 e. The van der Waals surface area contributed by atoms with Crippen LogP contribution in [0.15, 0.2) is 0 Å². The van der Waals surface area contributed by atoms with Crippen molar-refractivity contribution in [2.24, 2.45) is 5.73 Å². The van der Waals surface area contributed by atoms with Crippen molar-refractivity contribution in [3.8, 4) is 0 Å². The van der Waals surface area contributed by atoms with Crippen molar-refractivity contribution in [1.29, 1.82) is 0 Å². The van der Waals surface area contributed by atoms with Gasteiger partial charge in [-0.15, -0.1) is 24.8 Å². The highest BCUT2D eigenvalue weighted by Gasteiger charge is 2.17. The molecule has 0 radical (unpaired) electrons. The molecular weight excluding hydrogens is 313 g/mol. The van der Waals surface area contributed by atoms with E-state index in [1.807, 2.05) is 0 Å². The molecule has 128 valence electrons. The number of piperidine rings is 1. The Balaban J connectivity index is 0. The molecule has 3 N–H and O–H groups in total. The highest BCUT2D eigenvalue weighted by atomic mass is 35.5. The second-order valence-electron chi connectivity index (χ2n) is 5.38. The zero-order chi connectivity index (χ0) is 14.1. The van der Waals surface area contributed by atoms with E-state index in [1.54, 1.807) is 7.11 Å². The number of rotatable bonds is 8. The molecule has 1 aliphatic heterocycles. The molecule has 0 aliphatic carbocycles. The van der Waals surface area contributed by atoms with Gasteiger partial charge in [-0.1, -0.05) is 6.42 Å². The first kappa shape index (κ1) is 23.2. The molecule has 1 saturated heterocycles. The van der Waals surface area contributed by atoms with E-state index in [0.717, 1.165) is 19.5 Å². The predicted octanol–water partition coefficient (Wildman–Crippen LogP) is 1.57. The predicted molar refractivity (Wildman–Crippen MR) is 91.5 cm³/mol. The van der Waals surface area contributed by atoms with Crippen molar-refractivity contribution >= 4 is 30.7 Å². The minimum Gasteiger partial charge on any atom is -0.380 e. The van der Waals surface area contributed by atoms with E-state index in [4.69, 9.17) is 10.5 Å². The second kappa shape index (κ2) is 13.6. The Kier molecular flexibility index (Phi) is 15.0. The van der Waals surface area contributed by atoms with Crippen LogP contribution in [0.3, 0.4) is 0 Å². The van der Waals surface area contributed by atoms with E-state index in [9.17, 15) is 4.79 Å². The number of nitrogens with zero attached hydrogens (tertiary/aromatic N) is 1. The van der Waals surface area contributed by atoms with Crippen LogP contribution in [0, 0.1) is 0 Å². The zero-order valence-corrected chi connectivity index (χ0v) is 14.8. The Bertz CT molecular complexity index is 267. The molecule has 1 fully saturated rings. The van der Waals surface area contributed by atoms with Crippen molar-refractivity contribution in [3.63, 3.8) is 0 Å². The molecule has 0 saturated carbocycles. The summed E-state index contributed by atoms with van der Waals surface area (Å²) in [5.74, 6) is 0.0315. The number of halogens is 2. The van der Waals surface area contributed by atoms with Gasteiger partial charge in [0.25, 0.3) is 0 Å². The van der Waals surface area contributed by atoms with Crippen LogP contribution >= 0.6 is 24.8 Å². The summed E-state index contributed by atoms with van der Waals surface area (Å²) < 4.78 is 5.09. The Morgan fingerprint density at radius 3 is 2.71 bits per heavy atom. The Hall–Kier alpha value is -0.0700. The summed E-state index contributed by atoms with van der Waals surface area (Å²) in [7, 11) is 1.59. The fourth-order valence-corrected chi connectivity index (χ4v) is 2.54. The van der Waals surface area contributed by atoms with Crippen molar-refractivity contribution in [3.05, 3.63) is 0 Å². The number of nitrogens with two attached hydrogens (primary N) is 1. The molecular formula is C14H31Cl2N3O2. The van der Waals surface area contributed by atoms with E-state index in [2.05, 4.69) is 17.1 Å². The van der Waals surface area contributed by atoms with E-state index in [-0.39, 0.29) is 36.8 Å². The third-order valence-corrected chi connectivity index (χ3v) is 3.89. The Morgan fingerprint density at radius 2 is 2.14 bits per heavy atom. The molecule has 21 heavy (non-hydrogen) atoms. The fourth-order valence-electron chi connectivity index (χ4n) is 2.54. The first-order valence-electron chi connectivity index (χ1n) is 7.41. The number of hydrogen-bond donors (Lipinski definition) is 2. The highest BCUT2D eigenvalue weighted by Crippen LogP contribution is 2.15. The lowest BCUT2D eigenvalue weighted by Crippen LogP contribution is -2.39. The molecule has 0 spiro atoms. The molecule has 0 aromatic heterocycles. The first-order chi connectivity index (χ1) is 9.17. The summed E-state index contributed by atoms with van der Waals surface area (Å²) in [5, 5.41) is 2.94. The summed E-state index contributed by atoms with van der Waals surface area (Å²) in [5.41, 5.74) is 5.49. The molecule has 0 bridgehead atoms. The molecule has 1 amide bonds. The number of nitrogens with one attached hydrogen (secondary N) is 1. The fraction of sp³-hybridized carbons (Fsp3) is 0.929. The van der Waals surface area contributed by atoms with Crippen molar-refractivity contribution in [2.75, 3.05) is 33.3 Å². The van der Waals surface area contributed by atoms with Gasteiger partial charge >= 0.3 is 0 Å². The number of likely N-dealkylation sites (tertiary alicyclic amines) is 1. The van der Waals surface area contributed by atoms with Crippen LogP contribution in [0.5, 0.6) is 0 Å². The summed E-state index contributed by atoms with van der Waals surface area (Å²) in [4.78, 5) is 14.1. The third kappa shape index (κ3) is 9.53. The molecule has 2 unspecified atom stereocenters. The normalized spacial score (nSPS) is 20.0. The van der Waals surface area contributed by atoms with Crippen molar-refractivity contribution in [1.82, 2.24) is 10.2 Å². The molecule has 0 aromatic rings. The summed E-state index contributed by atoms with van der Waals surface area (Å²) >= 11 is 0. The monoisotopic (exact) mass is 343 g/mol. The second-order valence-corrected chi connectivity index (χ2v) is 5.38. The lowest BCUT2D eigenvalue weighted by molar-refractivity contribution is -0.123. The molecule has 0 aromatic carbocycles.